The van der Waals surface area contributed by atoms with E-state index in [1.165, 1.54) is 31.0 Å². The van der Waals surface area contributed by atoms with Crippen molar-refractivity contribution in [1.29, 1.82) is 0 Å². The Bertz CT molecular complexity index is 451. The number of rotatable bonds is 6. The van der Waals surface area contributed by atoms with E-state index in [4.69, 9.17) is 0 Å². The minimum absolute atomic E-state index is 0.0799. The van der Waals surface area contributed by atoms with Crippen molar-refractivity contribution in [2.24, 2.45) is 0 Å². The van der Waals surface area contributed by atoms with E-state index in [0.717, 1.165) is 18.6 Å². The van der Waals surface area contributed by atoms with Gasteiger partial charge in [-0.25, -0.2) is 9.78 Å². The molecule has 1 aromatic rings. The standard InChI is InChI=1S/C11H14N2O4S/c1-3-4-7-18-10-9(13(15)16)6-5-8(12-10)11(14)17-2/h5-6H,3-4,7H2,1-2H3. The number of ether oxygens (including phenoxy) is 1. The van der Waals surface area contributed by atoms with Crippen molar-refractivity contribution < 1.29 is 14.5 Å². The zero-order chi connectivity index (χ0) is 13.5. The maximum Gasteiger partial charge on any atom is 0.356 e. The van der Waals surface area contributed by atoms with Crippen LogP contribution in [-0.4, -0.2) is 28.7 Å². The molecule has 0 fully saturated rings. The van der Waals surface area contributed by atoms with Crippen molar-refractivity contribution in [3.05, 3.63) is 27.9 Å². The van der Waals surface area contributed by atoms with Crippen molar-refractivity contribution in [3.63, 3.8) is 0 Å². The summed E-state index contributed by atoms with van der Waals surface area (Å²) in [5.41, 5.74) is 0.00542. The lowest BCUT2D eigenvalue weighted by atomic mass is 10.3. The monoisotopic (exact) mass is 270 g/mol. The van der Waals surface area contributed by atoms with Gasteiger partial charge in [0.05, 0.1) is 12.0 Å². The fourth-order valence-corrected chi connectivity index (χ4v) is 2.29. The minimum atomic E-state index is -0.595. The van der Waals surface area contributed by atoms with Crippen LogP contribution in [0, 0.1) is 10.1 Å². The van der Waals surface area contributed by atoms with E-state index >= 15 is 0 Å². The second-order valence-corrected chi connectivity index (χ2v) is 4.56. The van der Waals surface area contributed by atoms with Gasteiger partial charge in [-0.15, -0.1) is 0 Å². The smallest absolute Gasteiger partial charge is 0.356 e. The van der Waals surface area contributed by atoms with Gasteiger partial charge in [-0.3, -0.25) is 10.1 Å². The first-order valence-corrected chi connectivity index (χ1v) is 6.45. The summed E-state index contributed by atoms with van der Waals surface area (Å²) in [6, 6.07) is 2.58. The third-order valence-electron chi connectivity index (χ3n) is 2.17. The molecule has 18 heavy (non-hydrogen) atoms. The summed E-state index contributed by atoms with van der Waals surface area (Å²) in [5, 5.41) is 11.1. The minimum Gasteiger partial charge on any atom is -0.464 e. The number of hydrogen-bond donors (Lipinski definition) is 0. The van der Waals surface area contributed by atoms with E-state index in [1.54, 1.807) is 0 Å². The number of carbonyl (C=O) groups excluding carboxylic acids is 1. The molecule has 98 valence electrons. The summed E-state index contributed by atoms with van der Waals surface area (Å²) >= 11 is 1.28. The van der Waals surface area contributed by atoms with Crippen LogP contribution in [0.5, 0.6) is 0 Å². The highest BCUT2D eigenvalue weighted by molar-refractivity contribution is 7.99. The first-order valence-electron chi connectivity index (χ1n) is 5.46. The molecule has 1 aromatic heterocycles. The zero-order valence-electron chi connectivity index (χ0n) is 10.2. The number of esters is 1. The van der Waals surface area contributed by atoms with Crippen LogP contribution in [0.1, 0.15) is 30.3 Å². The van der Waals surface area contributed by atoms with Gasteiger partial charge in [0, 0.05) is 6.07 Å². The highest BCUT2D eigenvalue weighted by Crippen LogP contribution is 2.28. The highest BCUT2D eigenvalue weighted by atomic mass is 32.2. The molecule has 0 bridgehead atoms. The number of thioether (sulfide) groups is 1. The quantitative estimate of drug-likeness (QED) is 0.260. The lowest BCUT2D eigenvalue weighted by Gasteiger charge is -2.04. The molecule has 0 unspecified atom stereocenters. The number of carbonyl (C=O) groups is 1. The number of hydrogen-bond acceptors (Lipinski definition) is 6. The highest BCUT2D eigenvalue weighted by Gasteiger charge is 2.19. The summed E-state index contributed by atoms with van der Waals surface area (Å²) in [5.74, 6) is 0.136. The van der Waals surface area contributed by atoms with Crippen molar-refractivity contribution in [3.8, 4) is 0 Å². The maximum absolute atomic E-state index is 11.3. The average Bonchev–Trinajstić information content (AvgIpc) is 2.37. The van der Waals surface area contributed by atoms with Gasteiger partial charge in [-0.05, 0) is 18.2 Å². The molecule has 0 aromatic carbocycles. The fourth-order valence-electron chi connectivity index (χ4n) is 1.21. The van der Waals surface area contributed by atoms with E-state index in [0.29, 0.717) is 0 Å². The average molecular weight is 270 g/mol. The van der Waals surface area contributed by atoms with Gasteiger partial charge >= 0.3 is 11.7 Å². The van der Waals surface area contributed by atoms with E-state index in [2.05, 4.69) is 9.72 Å². The van der Waals surface area contributed by atoms with Gasteiger partial charge in [0.25, 0.3) is 0 Å². The Morgan fingerprint density at radius 1 is 1.56 bits per heavy atom. The van der Waals surface area contributed by atoms with Gasteiger partial charge < -0.3 is 4.74 Å². The van der Waals surface area contributed by atoms with Crippen molar-refractivity contribution in [2.75, 3.05) is 12.9 Å². The zero-order valence-corrected chi connectivity index (χ0v) is 11.0. The van der Waals surface area contributed by atoms with Crippen LogP contribution in [-0.2, 0) is 4.74 Å². The van der Waals surface area contributed by atoms with Crippen LogP contribution in [0.2, 0.25) is 0 Å². The third-order valence-corrected chi connectivity index (χ3v) is 3.23. The van der Waals surface area contributed by atoms with Gasteiger partial charge in [0.15, 0.2) is 5.03 Å². The summed E-state index contributed by atoms with van der Waals surface area (Å²) in [7, 11) is 1.25. The largest absolute Gasteiger partial charge is 0.464 e. The maximum atomic E-state index is 11.3. The molecule has 0 radical (unpaired) electrons. The number of nitro groups is 1. The molecule has 0 atom stereocenters. The summed E-state index contributed by atoms with van der Waals surface area (Å²) in [4.78, 5) is 25.6. The Morgan fingerprint density at radius 2 is 2.28 bits per heavy atom. The summed E-state index contributed by atoms with van der Waals surface area (Å²) in [6.07, 6.45) is 1.93. The Kier molecular flexibility index (Phi) is 5.57. The molecule has 0 aliphatic rings. The number of aromatic nitrogens is 1. The molecule has 7 heteroatoms. The summed E-state index contributed by atoms with van der Waals surface area (Å²) < 4.78 is 4.54. The Labute approximate surface area is 109 Å². The van der Waals surface area contributed by atoms with Crippen LogP contribution in [0.15, 0.2) is 17.2 Å². The summed E-state index contributed by atoms with van der Waals surface area (Å²) in [6.45, 7) is 2.03. The molecule has 6 nitrogen and oxygen atoms in total. The molecule has 0 saturated carbocycles. The molecular formula is C11H14N2O4S. The van der Waals surface area contributed by atoms with Crippen LogP contribution in [0.4, 0.5) is 5.69 Å². The first-order chi connectivity index (χ1) is 8.60. The lowest BCUT2D eigenvalue weighted by Crippen LogP contribution is -2.06. The van der Waals surface area contributed by atoms with E-state index in [1.807, 2.05) is 6.92 Å². The second-order valence-electron chi connectivity index (χ2n) is 3.47. The molecule has 0 N–H and O–H groups in total. The van der Waals surface area contributed by atoms with Gasteiger partial charge in [-0.2, -0.15) is 0 Å². The van der Waals surface area contributed by atoms with Crippen molar-refractivity contribution in [2.45, 2.75) is 24.8 Å². The number of unbranched alkanes of at least 4 members (excludes halogenated alkanes) is 1. The second kappa shape index (κ2) is 6.95. The number of methoxy groups -OCH3 is 1. The van der Waals surface area contributed by atoms with E-state index in [9.17, 15) is 14.9 Å². The van der Waals surface area contributed by atoms with E-state index in [-0.39, 0.29) is 16.4 Å². The Balaban J connectivity index is 2.99. The van der Waals surface area contributed by atoms with Crippen molar-refractivity contribution >= 4 is 23.4 Å². The predicted molar refractivity (Wildman–Crippen MR) is 67.9 cm³/mol. The van der Waals surface area contributed by atoms with Crippen LogP contribution >= 0.6 is 11.8 Å². The fraction of sp³-hybridized carbons (Fsp3) is 0.455. The molecule has 0 aliphatic heterocycles. The van der Waals surface area contributed by atoms with Crippen LogP contribution in [0.3, 0.4) is 0 Å². The lowest BCUT2D eigenvalue weighted by molar-refractivity contribution is -0.388. The van der Waals surface area contributed by atoms with Gasteiger partial charge in [-0.1, -0.05) is 25.1 Å². The predicted octanol–water partition coefficient (Wildman–Crippen LogP) is 2.67. The molecule has 0 saturated heterocycles. The SMILES string of the molecule is CCCCSc1nc(C(=O)OC)ccc1[N+](=O)[O-]. The molecule has 1 heterocycles. The normalized spacial score (nSPS) is 10.1. The Morgan fingerprint density at radius 3 is 2.83 bits per heavy atom. The topological polar surface area (TPSA) is 82.3 Å². The van der Waals surface area contributed by atoms with Crippen LogP contribution in [0.25, 0.3) is 0 Å². The number of pyridine rings is 1. The number of nitrogens with zero attached hydrogens (tertiary/aromatic N) is 2. The molecule has 0 aliphatic carbocycles. The van der Waals surface area contributed by atoms with Crippen molar-refractivity contribution in [1.82, 2.24) is 4.98 Å². The van der Waals surface area contributed by atoms with Crippen LogP contribution < -0.4 is 0 Å². The molecule has 0 amide bonds. The van der Waals surface area contributed by atoms with Gasteiger partial charge in [0.2, 0.25) is 0 Å². The Hall–Kier alpha value is -1.63. The third kappa shape index (κ3) is 3.69. The molecule has 1 rings (SSSR count). The van der Waals surface area contributed by atoms with E-state index < -0.39 is 10.9 Å². The first kappa shape index (κ1) is 14.4. The molecule has 0 spiro atoms. The van der Waals surface area contributed by atoms with Gasteiger partial charge in [0.1, 0.15) is 5.69 Å². The molecular weight excluding hydrogens is 256 g/mol.